The first-order valence-corrected chi connectivity index (χ1v) is 6.35. The van der Waals surface area contributed by atoms with Crippen LogP contribution in [-0.4, -0.2) is 34.3 Å². The second-order valence-corrected chi connectivity index (χ2v) is 5.11. The summed E-state index contributed by atoms with van der Waals surface area (Å²) in [7, 11) is 0. The molecule has 0 aliphatic carbocycles. The van der Waals surface area contributed by atoms with Crippen molar-refractivity contribution in [1.29, 1.82) is 0 Å². The van der Waals surface area contributed by atoms with Gasteiger partial charge < -0.3 is 10.0 Å². The van der Waals surface area contributed by atoms with Gasteiger partial charge in [-0.2, -0.15) is 0 Å². The Labute approximate surface area is 103 Å². The highest BCUT2D eigenvalue weighted by Gasteiger charge is 2.19. The molecule has 2 rings (SSSR count). The maximum atomic E-state index is 9.50. The van der Waals surface area contributed by atoms with E-state index in [2.05, 4.69) is 28.7 Å². The minimum atomic E-state index is -0.152. The molecule has 2 heterocycles. The minimum Gasteiger partial charge on any atom is -0.393 e. The fraction of sp³-hybridized carbons (Fsp3) is 0.692. The molecule has 1 aromatic heterocycles. The number of aryl methyl sites for hydroxylation is 1. The lowest BCUT2D eigenvalue weighted by Gasteiger charge is -2.30. The van der Waals surface area contributed by atoms with Gasteiger partial charge in [0.1, 0.15) is 0 Å². The Morgan fingerprint density at radius 1 is 1.29 bits per heavy atom. The van der Waals surface area contributed by atoms with Gasteiger partial charge in [0.25, 0.3) is 0 Å². The lowest BCUT2D eigenvalue weighted by atomic mass is 10.1. The van der Waals surface area contributed by atoms with Gasteiger partial charge >= 0.3 is 0 Å². The van der Waals surface area contributed by atoms with E-state index in [-0.39, 0.29) is 6.10 Å². The zero-order valence-corrected chi connectivity index (χ0v) is 10.8. The second kappa shape index (κ2) is 5.00. The Morgan fingerprint density at radius 3 is 2.53 bits per heavy atom. The molecule has 0 amide bonds. The van der Waals surface area contributed by atoms with E-state index in [1.165, 1.54) is 0 Å². The fourth-order valence-electron chi connectivity index (χ4n) is 2.08. The molecule has 1 N–H and O–H groups in total. The van der Waals surface area contributed by atoms with Crippen LogP contribution in [0, 0.1) is 6.92 Å². The first-order chi connectivity index (χ1) is 8.06. The van der Waals surface area contributed by atoms with Crippen molar-refractivity contribution in [3.05, 3.63) is 17.5 Å². The third kappa shape index (κ3) is 2.94. The maximum Gasteiger partial charge on any atom is 0.225 e. The topological polar surface area (TPSA) is 49.2 Å². The summed E-state index contributed by atoms with van der Waals surface area (Å²) in [5.74, 6) is 1.24. The second-order valence-electron chi connectivity index (χ2n) is 5.11. The van der Waals surface area contributed by atoms with E-state index in [0.29, 0.717) is 5.92 Å². The van der Waals surface area contributed by atoms with Gasteiger partial charge in [-0.25, -0.2) is 9.97 Å². The lowest BCUT2D eigenvalue weighted by molar-refractivity contribution is 0.145. The van der Waals surface area contributed by atoms with Crippen molar-refractivity contribution < 1.29 is 5.11 Å². The van der Waals surface area contributed by atoms with Gasteiger partial charge in [-0.1, -0.05) is 13.8 Å². The lowest BCUT2D eigenvalue weighted by Crippen LogP contribution is -2.37. The van der Waals surface area contributed by atoms with Crippen LogP contribution in [-0.2, 0) is 0 Å². The standard InChI is InChI=1S/C13H21N3O/c1-9(2)12-8-10(3)14-13(15-12)16-6-4-11(17)5-7-16/h8-9,11,17H,4-7H2,1-3H3. The monoisotopic (exact) mass is 235 g/mol. The summed E-state index contributed by atoms with van der Waals surface area (Å²) < 4.78 is 0. The summed E-state index contributed by atoms with van der Waals surface area (Å²) in [6.07, 6.45) is 1.48. The molecule has 1 saturated heterocycles. The molecule has 1 fully saturated rings. The fourth-order valence-corrected chi connectivity index (χ4v) is 2.08. The minimum absolute atomic E-state index is 0.152. The Balaban J connectivity index is 2.20. The molecule has 0 saturated carbocycles. The molecule has 0 spiro atoms. The molecule has 1 aliphatic rings. The number of anilines is 1. The summed E-state index contributed by atoms with van der Waals surface area (Å²) in [5, 5.41) is 9.50. The molecule has 17 heavy (non-hydrogen) atoms. The van der Waals surface area contributed by atoms with Crippen molar-refractivity contribution in [2.45, 2.75) is 45.6 Å². The largest absolute Gasteiger partial charge is 0.393 e. The Kier molecular flexibility index (Phi) is 3.62. The van der Waals surface area contributed by atoms with Crippen molar-refractivity contribution >= 4 is 5.95 Å². The van der Waals surface area contributed by atoms with Crippen LogP contribution in [0.2, 0.25) is 0 Å². The smallest absolute Gasteiger partial charge is 0.225 e. The number of aromatic nitrogens is 2. The average molecular weight is 235 g/mol. The Hall–Kier alpha value is -1.16. The number of piperidine rings is 1. The van der Waals surface area contributed by atoms with Gasteiger partial charge in [0.05, 0.1) is 6.10 Å². The van der Waals surface area contributed by atoms with E-state index in [1.54, 1.807) is 0 Å². The van der Waals surface area contributed by atoms with Crippen molar-refractivity contribution in [2.75, 3.05) is 18.0 Å². The van der Waals surface area contributed by atoms with Crippen LogP contribution < -0.4 is 4.90 Å². The average Bonchev–Trinajstić information content (AvgIpc) is 2.29. The van der Waals surface area contributed by atoms with Crippen LogP contribution in [0.3, 0.4) is 0 Å². The van der Waals surface area contributed by atoms with E-state index >= 15 is 0 Å². The SMILES string of the molecule is Cc1cc(C(C)C)nc(N2CCC(O)CC2)n1. The number of rotatable bonds is 2. The maximum absolute atomic E-state index is 9.50. The zero-order valence-electron chi connectivity index (χ0n) is 10.8. The highest BCUT2D eigenvalue weighted by Crippen LogP contribution is 2.20. The van der Waals surface area contributed by atoms with Gasteiger partial charge in [0, 0.05) is 24.5 Å². The highest BCUT2D eigenvalue weighted by atomic mass is 16.3. The van der Waals surface area contributed by atoms with Crippen LogP contribution in [0.4, 0.5) is 5.95 Å². The summed E-state index contributed by atoms with van der Waals surface area (Å²) in [4.78, 5) is 11.3. The summed E-state index contributed by atoms with van der Waals surface area (Å²) >= 11 is 0. The molecule has 0 unspecified atom stereocenters. The normalized spacial score (nSPS) is 17.8. The highest BCUT2D eigenvalue weighted by molar-refractivity contribution is 5.33. The number of nitrogens with zero attached hydrogens (tertiary/aromatic N) is 3. The number of aliphatic hydroxyl groups is 1. The van der Waals surface area contributed by atoms with Gasteiger partial charge in [-0.05, 0) is 31.7 Å². The molecular formula is C13H21N3O. The van der Waals surface area contributed by atoms with Gasteiger partial charge in [-0.15, -0.1) is 0 Å². The number of hydrogen-bond acceptors (Lipinski definition) is 4. The molecular weight excluding hydrogens is 214 g/mol. The van der Waals surface area contributed by atoms with E-state index in [0.717, 1.165) is 43.3 Å². The van der Waals surface area contributed by atoms with Crippen molar-refractivity contribution in [2.24, 2.45) is 0 Å². The van der Waals surface area contributed by atoms with Crippen LogP contribution in [0.15, 0.2) is 6.07 Å². The number of hydrogen-bond donors (Lipinski definition) is 1. The number of aliphatic hydroxyl groups excluding tert-OH is 1. The van der Waals surface area contributed by atoms with Crippen molar-refractivity contribution in [1.82, 2.24) is 9.97 Å². The van der Waals surface area contributed by atoms with Crippen LogP contribution >= 0.6 is 0 Å². The third-order valence-corrected chi connectivity index (χ3v) is 3.20. The van der Waals surface area contributed by atoms with E-state index in [9.17, 15) is 5.11 Å². The molecule has 0 aromatic carbocycles. The third-order valence-electron chi connectivity index (χ3n) is 3.20. The van der Waals surface area contributed by atoms with Crippen LogP contribution in [0.25, 0.3) is 0 Å². The van der Waals surface area contributed by atoms with Crippen molar-refractivity contribution in [3.63, 3.8) is 0 Å². The molecule has 1 aliphatic heterocycles. The summed E-state index contributed by atoms with van der Waals surface area (Å²) in [5.41, 5.74) is 2.11. The van der Waals surface area contributed by atoms with Gasteiger partial charge in [0.2, 0.25) is 5.95 Å². The zero-order chi connectivity index (χ0) is 12.4. The first kappa shape index (κ1) is 12.3. The van der Waals surface area contributed by atoms with E-state index in [1.807, 2.05) is 13.0 Å². The molecule has 0 bridgehead atoms. The molecule has 0 atom stereocenters. The van der Waals surface area contributed by atoms with Gasteiger partial charge in [0.15, 0.2) is 0 Å². The Morgan fingerprint density at radius 2 is 1.94 bits per heavy atom. The van der Waals surface area contributed by atoms with Crippen molar-refractivity contribution in [3.8, 4) is 0 Å². The van der Waals surface area contributed by atoms with Crippen LogP contribution in [0.1, 0.15) is 44.0 Å². The molecule has 4 nitrogen and oxygen atoms in total. The van der Waals surface area contributed by atoms with E-state index in [4.69, 9.17) is 0 Å². The predicted molar refractivity (Wildman–Crippen MR) is 68.3 cm³/mol. The molecule has 4 heteroatoms. The quantitative estimate of drug-likeness (QED) is 0.850. The Bertz CT molecular complexity index is 384. The molecule has 94 valence electrons. The van der Waals surface area contributed by atoms with E-state index < -0.39 is 0 Å². The van der Waals surface area contributed by atoms with Crippen LogP contribution in [0.5, 0.6) is 0 Å². The van der Waals surface area contributed by atoms with Gasteiger partial charge in [-0.3, -0.25) is 0 Å². The predicted octanol–water partition coefficient (Wildman–Crippen LogP) is 1.87. The molecule has 1 aromatic rings. The summed E-state index contributed by atoms with van der Waals surface area (Å²) in [6, 6.07) is 2.05. The molecule has 0 radical (unpaired) electrons. The first-order valence-electron chi connectivity index (χ1n) is 6.35. The summed E-state index contributed by atoms with van der Waals surface area (Å²) in [6.45, 7) is 8.00.